The van der Waals surface area contributed by atoms with Crippen LogP contribution in [-0.4, -0.2) is 59.4 Å². The van der Waals surface area contributed by atoms with Gasteiger partial charge >= 0.3 is 5.97 Å². The summed E-state index contributed by atoms with van der Waals surface area (Å²) in [6.45, 7) is 0.0341. The molecule has 9 heteroatoms. The van der Waals surface area contributed by atoms with Crippen LogP contribution >= 0.6 is 0 Å². The summed E-state index contributed by atoms with van der Waals surface area (Å²) in [5, 5.41) is 21.7. The molecule has 0 aliphatic carbocycles. The van der Waals surface area contributed by atoms with Crippen molar-refractivity contribution in [1.29, 1.82) is 5.41 Å². The highest BCUT2D eigenvalue weighted by molar-refractivity contribution is 5.93. The molecule has 0 heterocycles. The lowest BCUT2D eigenvalue weighted by Gasteiger charge is -2.34. The highest BCUT2D eigenvalue weighted by atomic mass is 16.4. The Kier molecular flexibility index (Phi) is 11.1. The summed E-state index contributed by atoms with van der Waals surface area (Å²) in [6.07, 6.45) is 1.20. The minimum Gasteiger partial charge on any atom is -0.480 e. The van der Waals surface area contributed by atoms with Crippen LogP contribution in [0, 0.1) is 5.41 Å². The monoisotopic (exact) mass is 529 g/mol. The number of carboxylic acids is 1. The number of amides is 2. The molecule has 204 valence electrons. The van der Waals surface area contributed by atoms with Gasteiger partial charge in [-0.2, -0.15) is 0 Å². The lowest BCUT2D eigenvalue weighted by molar-refractivity contribution is -0.143. The second kappa shape index (κ2) is 14.9. The first-order chi connectivity index (χ1) is 18.9. The number of benzene rings is 3. The quantitative estimate of drug-likeness (QED) is 0.123. The van der Waals surface area contributed by atoms with Crippen LogP contribution in [0.4, 0.5) is 0 Å². The van der Waals surface area contributed by atoms with Gasteiger partial charge in [0.05, 0.1) is 5.92 Å². The Hall–Kier alpha value is -4.66. The lowest BCUT2D eigenvalue weighted by atomic mass is 9.89. The van der Waals surface area contributed by atoms with E-state index >= 15 is 0 Å². The molecule has 0 saturated heterocycles. The summed E-state index contributed by atoms with van der Waals surface area (Å²) in [6, 6.07) is 27.6. The maximum Gasteiger partial charge on any atom is 0.322 e. The minimum absolute atomic E-state index is 0.188. The number of nitrogens with one attached hydrogen (secondary N) is 3. The standard InChI is InChI=1S/C30H35N5O4/c31-30(32)33-19-10-17-25(28(38)34-21-26(36)37)35(20-18-22-11-4-1-5-12-22)29(39)27(23-13-6-2-7-14-23)24-15-8-3-9-16-24/h1-9,11-16,25,27H,10,17-21H2,(H,34,38)(H,36,37)(H4,31,32,33)/t25-/m1/s1. The molecule has 3 rings (SSSR count). The fourth-order valence-corrected chi connectivity index (χ4v) is 4.48. The van der Waals surface area contributed by atoms with Crippen LogP contribution < -0.4 is 16.4 Å². The average Bonchev–Trinajstić information content (AvgIpc) is 2.94. The van der Waals surface area contributed by atoms with Crippen molar-refractivity contribution in [2.45, 2.75) is 31.2 Å². The average molecular weight is 530 g/mol. The van der Waals surface area contributed by atoms with Crippen molar-refractivity contribution in [1.82, 2.24) is 15.5 Å². The number of rotatable bonds is 14. The van der Waals surface area contributed by atoms with Crippen molar-refractivity contribution in [2.24, 2.45) is 5.73 Å². The Morgan fingerprint density at radius 1 is 0.846 bits per heavy atom. The molecule has 0 saturated carbocycles. The molecule has 2 amide bonds. The first-order valence-electron chi connectivity index (χ1n) is 12.9. The zero-order chi connectivity index (χ0) is 28.0. The van der Waals surface area contributed by atoms with Gasteiger partial charge in [-0.25, -0.2) is 0 Å². The number of carboxylic acid groups (broad SMARTS) is 1. The Balaban J connectivity index is 2.00. The van der Waals surface area contributed by atoms with Gasteiger partial charge < -0.3 is 26.4 Å². The van der Waals surface area contributed by atoms with Crippen molar-refractivity contribution >= 4 is 23.7 Å². The lowest BCUT2D eigenvalue weighted by Crippen LogP contribution is -2.52. The number of carbonyl (C=O) groups is 3. The van der Waals surface area contributed by atoms with Crippen LogP contribution in [0.1, 0.15) is 35.4 Å². The molecule has 0 aromatic heterocycles. The number of hydrogen-bond acceptors (Lipinski definition) is 4. The van der Waals surface area contributed by atoms with E-state index in [0.29, 0.717) is 19.4 Å². The Labute approximate surface area is 228 Å². The van der Waals surface area contributed by atoms with Crippen LogP contribution in [0.5, 0.6) is 0 Å². The SMILES string of the molecule is N=C(N)NCCC[C@H](C(=O)NCC(=O)O)N(CCc1ccccc1)C(=O)C(c1ccccc1)c1ccccc1. The molecule has 3 aromatic rings. The summed E-state index contributed by atoms with van der Waals surface area (Å²) >= 11 is 0. The first kappa shape index (κ1) is 28.9. The van der Waals surface area contributed by atoms with E-state index < -0.39 is 30.4 Å². The van der Waals surface area contributed by atoms with Crippen LogP contribution in [0.3, 0.4) is 0 Å². The molecule has 0 spiro atoms. The summed E-state index contributed by atoms with van der Waals surface area (Å²) in [5.74, 6) is -2.81. The number of guanidine groups is 1. The van der Waals surface area contributed by atoms with Gasteiger partial charge in [0.2, 0.25) is 11.8 Å². The van der Waals surface area contributed by atoms with Gasteiger partial charge in [0.15, 0.2) is 5.96 Å². The van der Waals surface area contributed by atoms with Crippen LogP contribution in [0.2, 0.25) is 0 Å². The molecule has 3 aromatic carbocycles. The van der Waals surface area contributed by atoms with E-state index in [-0.39, 0.29) is 24.8 Å². The Bertz CT molecular complexity index is 1180. The van der Waals surface area contributed by atoms with Gasteiger partial charge in [-0.05, 0) is 36.0 Å². The molecule has 9 nitrogen and oxygen atoms in total. The van der Waals surface area contributed by atoms with Crippen LogP contribution in [0.25, 0.3) is 0 Å². The predicted octanol–water partition coefficient (Wildman–Crippen LogP) is 2.72. The number of carbonyl (C=O) groups excluding carboxylic acids is 2. The summed E-state index contributed by atoms with van der Waals surface area (Å²) in [5.41, 5.74) is 8.00. The number of nitrogens with zero attached hydrogens (tertiary/aromatic N) is 1. The molecular weight excluding hydrogens is 494 g/mol. The van der Waals surface area contributed by atoms with E-state index in [4.69, 9.17) is 16.2 Å². The molecule has 0 aliphatic rings. The fraction of sp³-hybridized carbons (Fsp3) is 0.267. The molecule has 0 bridgehead atoms. The van der Waals surface area contributed by atoms with Crippen LogP contribution in [-0.2, 0) is 20.8 Å². The van der Waals surface area contributed by atoms with Crippen molar-refractivity contribution in [3.8, 4) is 0 Å². The smallest absolute Gasteiger partial charge is 0.322 e. The van der Waals surface area contributed by atoms with Crippen molar-refractivity contribution < 1.29 is 19.5 Å². The third-order valence-electron chi connectivity index (χ3n) is 6.34. The third-order valence-corrected chi connectivity index (χ3v) is 6.34. The molecule has 6 N–H and O–H groups in total. The van der Waals surface area contributed by atoms with Gasteiger partial charge in [0.1, 0.15) is 12.6 Å². The predicted molar refractivity (Wildman–Crippen MR) is 150 cm³/mol. The maximum atomic E-state index is 14.5. The first-order valence-corrected chi connectivity index (χ1v) is 12.9. The summed E-state index contributed by atoms with van der Waals surface area (Å²) in [7, 11) is 0. The van der Waals surface area contributed by atoms with Gasteiger partial charge in [0.25, 0.3) is 0 Å². The third kappa shape index (κ3) is 8.99. The zero-order valence-corrected chi connectivity index (χ0v) is 21.8. The molecule has 39 heavy (non-hydrogen) atoms. The molecule has 0 aliphatic heterocycles. The molecule has 0 radical (unpaired) electrons. The summed E-state index contributed by atoms with van der Waals surface area (Å²) < 4.78 is 0. The van der Waals surface area contributed by atoms with Gasteiger partial charge in [0, 0.05) is 13.1 Å². The van der Waals surface area contributed by atoms with E-state index in [1.54, 1.807) is 4.90 Å². The number of aliphatic carboxylic acids is 1. The second-order valence-corrected chi connectivity index (χ2v) is 9.13. The Morgan fingerprint density at radius 3 is 1.90 bits per heavy atom. The van der Waals surface area contributed by atoms with Crippen molar-refractivity contribution in [2.75, 3.05) is 19.6 Å². The summed E-state index contributed by atoms with van der Waals surface area (Å²) in [4.78, 5) is 40.6. The molecular formula is C30H35N5O4. The minimum atomic E-state index is -1.17. The van der Waals surface area contributed by atoms with E-state index in [9.17, 15) is 14.4 Å². The van der Waals surface area contributed by atoms with E-state index in [1.807, 2.05) is 91.0 Å². The van der Waals surface area contributed by atoms with Crippen molar-refractivity contribution in [3.63, 3.8) is 0 Å². The van der Waals surface area contributed by atoms with E-state index in [2.05, 4.69) is 10.6 Å². The highest BCUT2D eigenvalue weighted by Gasteiger charge is 2.35. The van der Waals surface area contributed by atoms with Gasteiger partial charge in [-0.3, -0.25) is 19.8 Å². The topological polar surface area (TPSA) is 149 Å². The molecule has 0 unspecified atom stereocenters. The highest BCUT2D eigenvalue weighted by Crippen LogP contribution is 2.28. The van der Waals surface area contributed by atoms with E-state index in [0.717, 1.165) is 16.7 Å². The molecule has 1 atom stereocenters. The van der Waals surface area contributed by atoms with Crippen molar-refractivity contribution in [3.05, 3.63) is 108 Å². The second-order valence-electron chi connectivity index (χ2n) is 9.13. The normalized spacial score (nSPS) is 11.4. The van der Waals surface area contributed by atoms with E-state index in [1.165, 1.54) is 0 Å². The zero-order valence-electron chi connectivity index (χ0n) is 21.8. The maximum absolute atomic E-state index is 14.5. The Morgan fingerprint density at radius 2 is 1.38 bits per heavy atom. The van der Waals surface area contributed by atoms with Gasteiger partial charge in [-0.15, -0.1) is 0 Å². The fourth-order valence-electron chi connectivity index (χ4n) is 4.48. The van der Waals surface area contributed by atoms with Gasteiger partial charge in [-0.1, -0.05) is 91.0 Å². The number of hydrogen-bond donors (Lipinski definition) is 5. The van der Waals surface area contributed by atoms with Crippen LogP contribution in [0.15, 0.2) is 91.0 Å². The molecule has 0 fully saturated rings. The largest absolute Gasteiger partial charge is 0.480 e. The number of nitrogens with two attached hydrogens (primary N) is 1.